The molecule has 0 heterocycles. The van der Waals surface area contributed by atoms with Crippen LogP contribution in [0.25, 0.3) is 0 Å². The van der Waals surface area contributed by atoms with Crippen molar-refractivity contribution in [2.45, 2.75) is 5.33 Å². The molecule has 0 aliphatic heterocycles. The Morgan fingerprint density at radius 3 is 2.45 bits per heavy atom. The SMILES string of the molecule is O=[N+]([O-])c1cc(CBr)ccc1Oc1ccc(Cl)cc1Cl. The van der Waals surface area contributed by atoms with Crippen LogP contribution in [-0.2, 0) is 5.33 Å². The van der Waals surface area contributed by atoms with E-state index < -0.39 is 4.92 Å². The minimum atomic E-state index is -0.495. The zero-order chi connectivity index (χ0) is 14.7. The van der Waals surface area contributed by atoms with Crippen molar-refractivity contribution in [2.24, 2.45) is 0 Å². The third kappa shape index (κ3) is 3.42. The molecule has 0 fully saturated rings. The van der Waals surface area contributed by atoms with Crippen molar-refractivity contribution in [2.75, 3.05) is 0 Å². The zero-order valence-electron chi connectivity index (χ0n) is 9.98. The lowest BCUT2D eigenvalue weighted by molar-refractivity contribution is -0.385. The molecule has 4 nitrogen and oxygen atoms in total. The van der Waals surface area contributed by atoms with Crippen LogP contribution in [0.5, 0.6) is 11.5 Å². The van der Waals surface area contributed by atoms with Crippen molar-refractivity contribution in [3.05, 3.63) is 62.1 Å². The molecule has 0 unspecified atom stereocenters. The van der Waals surface area contributed by atoms with Gasteiger partial charge in [-0.1, -0.05) is 45.2 Å². The molecule has 0 radical (unpaired) electrons. The third-order valence-electron chi connectivity index (χ3n) is 2.49. The summed E-state index contributed by atoms with van der Waals surface area (Å²) in [6.45, 7) is 0. The fourth-order valence-corrected chi connectivity index (χ4v) is 2.35. The van der Waals surface area contributed by atoms with Crippen LogP contribution in [0.2, 0.25) is 10.0 Å². The zero-order valence-corrected chi connectivity index (χ0v) is 13.1. The van der Waals surface area contributed by atoms with Crippen LogP contribution in [0, 0.1) is 10.1 Å². The summed E-state index contributed by atoms with van der Waals surface area (Å²) in [5.41, 5.74) is 0.666. The second-order valence-electron chi connectivity index (χ2n) is 3.87. The van der Waals surface area contributed by atoms with Gasteiger partial charge < -0.3 is 4.74 Å². The molecule has 0 saturated heterocycles. The molecule has 0 atom stereocenters. The molecule has 0 aromatic heterocycles. The minimum Gasteiger partial charge on any atom is -0.449 e. The van der Waals surface area contributed by atoms with E-state index in [1.165, 1.54) is 12.1 Å². The number of nitro benzene ring substituents is 1. The van der Waals surface area contributed by atoms with Crippen molar-refractivity contribution in [3.63, 3.8) is 0 Å². The van der Waals surface area contributed by atoms with Crippen LogP contribution in [-0.4, -0.2) is 4.92 Å². The maximum Gasteiger partial charge on any atom is 0.311 e. The smallest absolute Gasteiger partial charge is 0.311 e. The Morgan fingerprint density at radius 1 is 1.15 bits per heavy atom. The monoisotopic (exact) mass is 375 g/mol. The molecule has 2 aromatic rings. The minimum absolute atomic E-state index is 0.118. The summed E-state index contributed by atoms with van der Waals surface area (Å²) in [6, 6.07) is 9.40. The third-order valence-corrected chi connectivity index (χ3v) is 3.67. The molecule has 0 spiro atoms. The summed E-state index contributed by atoms with van der Waals surface area (Å²) in [4.78, 5) is 10.6. The van der Waals surface area contributed by atoms with Gasteiger partial charge >= 0.3 is 5.69 Å². The number of benzene rings is 2. The lowest BCUT2D eigenvalue weighted by atomic mass is 10.2. The van der Waals surface area contributed by atoms with Crippen molar-refractivity contribution in [1.82, 2.24) is 0 Å². The van der Waals surface area contributed by atoms with Gasteiger partial charge in [0, 0.05) is 16.4 Å². The maximum atomic E-state index is 11.1. The summed E-state index contributed by atoms with van der Waals surface area (Å²) in [5.74, 6) is 0.440. The van der Waals surface area contributed by atoms with Gasteiger partial charge in [-0.15, -0.1) is 0 Å². The van der Waals surface area contributed by atoms with Crippen LogP contribution in [0.4, 0.5) is 5.69 Å². The largest absolute Gasteiger partial charge is 0.449 e. The van der Waals surface area contributed by atoms with Gasteiger partial charge in [-0.25, -0.2) is 0 Å². The van der Waals surface area contributed by atoms with Crippen molar-refractivity contribution in [1.29, 1.82) is 0 Å². The van der Waals surface area contributed by atoms with Gasteiger partial charge in [0.2, 0.25) is 5.75 Å². The van der Waals surface area contributed by atoms with Crippen molar-refractivity contribution in [3.8, 4) is 11.5 Å². The first-order chi connectivity index (χ1) is 9.51. The lowest BCUT2D eigenvalue weighted by Crippen LogP contribution is -1.95. The highest BCUT2D eigenvalue weighted by Crippen LogP contribution is 2.36. The van der Waals surface area contributed by atoms with E-state index in [-0.39, 0.29) is 16.5 Å². The Hall–Kier alpha value is -1.30. The number of halogens is 3. The molecule has 0 saturated carbocycles. The Labute approximate surface area is 133 Å². The van der Waals surface area contributed by atoms with Crippen molar-refractivity contribution < 1.29 is 9.66 Å². The predicted molar refractivity (Wildman–Crippen MR) is 82.3 cm³/mol. The Balaban J connectivity index is 2.40. The number of nitrogens with zero attached hydrogens (tertiary/aromatic N) is 1. The second-order valence-corrected chi connectivity index (χ2v) is 5.27. The summed E-state index contributed by atoms with van der Waals surface area (Å²) in [6.07, 6.45) is 0. The van der Waals surface area contributed by atoms with E-state index in [2.05, 4.69) is 15.9 Å². The second kappa shape index (κ2) is 6.43. The fraction of sp³-hybridized carbons (Fsp3) is 0.0769. The van der Waals surface area contributed by atoms with Gasteiger partial charge in [0.1, 0.15) is 5.75 Å². The Morgan fingerprint density at radius 2 is 1.85 bits per heavy atom. The van der Waals surface area contributed by atoms with Gasteiger partial charge in [-0.05, 0) is 29.8 Å². The standard InChI is InChI=1S/C13H8BrCl2NO3/c14-7-8-1-3-13(11(5-8)17(18)19)20-12-4-2-9(15)6-10(12)16/h1-6H,7H2. The van der Waals surface area contributed by atoms with E-state index in [0.717, 1.165) is 5.56 Å². The number of hydrogen-bond donors (Lipinski definition) is 0. The predicted octanol–water partition coefficient (Wildman–Crippen LogP) is 5.59. The molecule has 0 bridgehead atoms. The summed E-state index contributed by atoms with van der Waals surface area (Å²) < 4.78 is 5.51. The molecule has 7 heteroatoms. The van der Waals surface area contributed by atoms with E-state index in [0.29, 0.717) is 16.1 Å². The Kier molecular flexibility index (Phi) is 4.86. The number of hydrogen-bond acceptors (Lipinski definition) is 3. The van der Waals surface area contributed by atoms with Gasteiger partial charge in [0.25, 0.3) is 0 Å². The van der Waals surface area contributed by atoms with E-state index >= 15 is 0 Å². The molecule has 104 valence electrons. The highest BCUT2D eigenvalue weighted by molar-refractivity contribution is 9.08. The molecule has 0 amide bonds. The number of ether oxygens (including phenoxy) is 1. The van der Waals surface area contributed by atoms with Crippen LogP contribution >= 0.6 is 39.1 Å². The van der Waals surface area contributed by atoms with E-state index in [4.69, 9.17) is 27.9 Å². The summed E-state index contributed by atoms with van der Waals surface area (Å²) in [5, 5.41) is 12.4. The number of rotatable bonds is 4. The molecule has 20 heavy (non-hydrogen) atoms. The molecule has 0 aliphatic rings. The van der Waals surface area contributed by atoms with E-state index in [1.54, 1.807) is 24.3 Å². The topological polar surface area (TPSA) is 52.4 Å². The highest BCUT2D eigenvalue weighted by atomic mass is 79.9. The Bertz CT molecular complexity index is 664. The molecule has 0 aliphatic carbocycles. The molecular weight excluding hydrogens is 369 g/mol. The first-order valence-corrected chi connectivity index (χ1v) is 7.35. The van der Waals surface area contributed by atoms with E-state index in [9.17, 15) is 10.1 Å². The molecular formula is C13H8BrCl2NO3. The maximum absolute atomic E-state index is 11.1. The quantitative estimate of drug-likeness (QED) is 0.397. The summed E-state index contributed by atoms with van der Waals surface area (Å²) >= 11 is 15.0. The normalized spacial score (nSPS) is 10.3. The average Bonchev–Trinajstić information content (AvgIpc) is 2.42. The van der Waals surface area contributed by atoms with Gasteiger partial charge in [-0.3, -0.25) is 10.1 Å². The van der Waals surface area contributed by atoms with Gasteiger partial charge in [-0.2, -0.15) is 0 Å². The lowest BCUT2D eigenvalue weighted by Gasteiger charge is -2.09. The molecule has 0 N–H and O–H groups in total. The number of nitro groups is 1. The summed E-state index contributed by atoms with van der Waals surface area (Å²) in [7, 11) is 0. The average molecular weight is 377 g/mol. The van der Waals surface area contributed by atoms with Crippen LogP contribution in [0.15, 0.2) is 36.4 Å². The number of alkyl halides is 1. The van der Waals surface area contributed by atoms with Crippen LogP contribution in [0.1, 0.15) is 5.56 Å². The van der Waals surface area contributed by atoms with Crippen LogP contribution in [0.3, 0.4) is 0 Å². The van der Waals surface area contributed by atoms with Crippen molar-refractivity contribution >= 4 is 44.8 Å². The first kappa shape index (κ1) is 15.1. The highest BCUT2D eigenvalue weighted by Gasteiger charge is 2.17. The molecule has 2 aromatic carbocycles. The fourth-order valence-electron chi connectivity index (χ4n) is 1.55. The van der Waals surface area contributed by atoms with E-state index in [1.807, 2.05) is 0 Å². The van der Waals surface area contributed by atoms with Gasteiger partial charge in [0.05, 0.1) is 9.95 Å². The van der Waals surface area contributed by atoms with Gasteiger partial charge in [0.15, 0.2) is 0 Å². The van der Waals surface area contributed by atoms with Crippen LogP contribution < -0.4 is 4.74 Å². The first-order valence-electron chi connectivity index (χ1n) is 5.47. The molecule has 2 rings (SSSR count).